The first kappa shape index (κ1) is 16.5. The van der Waals surface area contributed by atoms with Crippen molar-refractivity contribution < 1.29 is 0 Å². The summed E-state index contributed by atoms with van der Waals surface area (Å²) >= 11 is 11.8. The van der Waals surface area contributed by atoms with Crippen molar-refractivity contribution in [3.05, 3.63) is 71.0 Å². The molecule has 2 aromatic carbocycles. The molecular formula is C21H17ClN4S. The van der Waals surface area contributed by atoms with Gasteiger partial charge in [0, 0.05) is 58.4 Å². The van der Waals surface area contributed by atoms with E-state index in [1.165, 1.54) is 11.3 Å². The summed E-state index contributed by atoms with van der Waals surface area (Å²) in [4.78, 5) is 10.4. The molecule has 134 valence electrons. The maximum Gasteiger partial charge on any atom is 0.173 e. The summed E-state index contributed by atoms with van der Waals surface area (Å²) in [6.07, 6.45) is 2.87. The van der Waals surface area contributed by atoms with Crippen molar-refractivity contribution in [3.8, 4) is 0 Å². The van der Waals surface area contributed by atoms with Crippen LogP contribution in [0, 0.1) is 0 Å². The highest BCUT2D eigenvalue weighted by Crippen LogP contribution is 2.32. The van der Waals surface area contributed by atoms with Gasteiger partial charge >= 0.3 is 0 Å². The lowest BCUT2D eigenvalue weighted by Crippen LogP contribution is -2.38. The van der Waals surface area contributed by atoms with Crippen LogP contribution in [0.3, 0.4) is 0 Å². The van der Waals surface area contributed by atoms with Gasteiger partial charge in [0.2, 0.25) is 0 Å². The Morgan fingerprint density at radius 2 is 2.00 bits per heavy atom. The van der Waals surface area contributed by atoms with Crippen LogP contribution in [0.15, 0.2) is 54.7 Å². The average molecular weight is 393 g/mol. The number of fused-ring (bicyclic) bond motifs is 5. The van der Waals surface area contributed by atoms with E-state index >= 15 is 0 Å². The van der Waals surface area contributed by atoms with Crippen molar-refractivity contribution in [2.45, 2.75) is 13.0 Å². The van der Waals surface area contributed by atoms with Crippen LogP contribution in [-0.2, 0) is 13.0 Å². The molecule has 0 spiro atoms. The number of aromatic amines is 1. The molecule has 0 radical (unpaired) electrons. The molecule has 1 aliphatic rings. The topological polar surface area (TPSA) is 44.0 Å². The minimum Gasteiger partial charge on any atom is -0.357 e. The van der Waals surface area contributed by atoms with Gasteiger partial charge in [0.05, 0.1) is 11.0 Å². The number of nitrogens with zero attached hydrogens (tertiary/aromatic N) is 2. The Kier molecular flexibility index (Phi) is 3.99. The van der Waals surface area contributed by atoms with Crippen molar-refractivity contribution in [3.63, 3.8) is 0 Å². The van der Waals surface area contributed by atoms with Crippen molar-refractivity contribution in [2.75, 3.05) is 11.9 Å². The first-order valence-electron chi connectivity index (χ1n) is 8.88. The summed E-state index contributed by atoms with van der Waals surface area (Å²) in [5.74, 6) is 0. The number of para-hydroxylation sites is 1. The monoisotopic (exact) mass is 392 g/mol. The molecule has 5 rings (SSSR count). The maximum absolute atomic E-state index is 6.11. The molecule has 0 saturated heterocycles. The van der Waals surface area contributed by atoms with Gasteiger partial charge in [-0.05, 0) is 42.5 Å². The second-order valence-electron chi connectivity index (χ2n) is 6.76. The summed E-state index contributed by atoms with van der Waals surface area (Å²) in [5.41, 5.74) is 5.60. The highest BCUT2D eigenvalue weighted by molar-refractivity contribution is 7.80. The van der Waals surface area contributed by atoms with E-state index in [1.54, 1.807) is 0 Å². The SMILES string of the molecule is S=C(Nc1ccccc1)N1CCc2[nH]c3c(cnc4cc(Cl)ccc43)c2C1. The predicted molar refractivity (Wildman–Crippen MR) is 115 cm³/mol. The molecule has 0 atom stereocenters. The molecule has 2 aromatic heterocycles. The first-order valence-corrected chi connectivity index (χ1v) is 9.66. The van der Waals surface area contributed by atoms with Gasteiger partial charge in [-0.25, -0.2) is 0 Å². The molecule has 6 heteroatoms. The lowest BCUT2D eigenvalue weighted by Gasteiger charge is -2.29. The number of aromatic nitrogens is 2. The minimum atomic E-state index is 0.703. The van der Waals surface area contributed by atoms with Crippen LogP contribution in [0.25, 0.3) is 21.8 Å². The number of benzene rings is 2. The van der Waals surface area contributed by atoms with Crippen molar-refractivity contribution in [2.24, 2.45) is 0 Å². The molecule has 27 heavy (non-hydrogen) atoms. The molecule has 1 aliphatic heterocycles. The number of anilines is 1. The Morgan fingerprint density at radius 1 is 1.15 bits per heavy atom. The van der Waals surface area contributed by atoms with Gasteiger partial charge in [0.25, 0.3) is 0 Å². The number of H-pyrrole nitrogens is 1. The van der Waals surface area contributed by atoms with E-state index in [0.717, 1.165) is 52.1 Å². The van der Waals surface area contributed by atoms with Gasteiger partial charge in [0.1, 0.15) is 0 Å². The van der Waals surface area contributed by atoms with Crippen LogP contribution in [0.2, 0.25) is 5.02 Å². The average Bonchev–Trinajstić information content (AvgIpc) is 3.06. The zero-order valence-electron chi connectivity index (χ0n) is 14.5. The first-order chi connectivity index (χ1) is 13.2. The van der Waals surface area contributed by atoms with Crippen molar-refractivity contribution in [1.82, 2.24) is 14.9 Å². The van der Waals surface area contributed by atoms with Crippen LogP contribution >= 0.6 is 23.8 Å². The van der Waals surface area contributed by atoms with Gasteiger partial charge in [-0.2, -0.15) is 0 Å². The van der Waals surface area contributed by atoms with Crippen LogP contribution < -0.4 is 5.32 Å². The molecule has 0 amide bonds. The fourth-order valence-corrected chi connectivity index (χ4v) is 4.17. The lowest BCUT2D eigenvalue weighted by molar-refractivity contribution is 0.399. The third-order valence-electron chi connectivity index (χ3n) is 5.09. The number of thiocarbonyl (C=S) groups is 1. The molecule has 0 unspecified atom stereocenters. The smallest absolute Gasteiger partial charge is 0.173 e. The lowest BCUT2D eigenvalue weighted by atomic mass is 10.0. The summed E-state index contributed by atoms with van der Waals surface area (Å²) in [6.45, 7) is 1.66. The van der Waals surface area contributed by atoms with Gasteiger partial charge in [0.15, 0.2) is 5.11 Å². The van der Waals surface area contributed by atoms with Gasteiger partial charge < -0.3 is 15.2 Å². The highest BCUT2D eigenvalue weighted by atomic mass is 35.5. The second-order valence-corrected chi connectivity index (χ2v) is 7.58. The highest BCUT2D eigenvalue weighted by Gasteiger charge is 2.23. The summed E-state index contributed by atoms with van der Waals surface area (Å²) in [7, 11) is 0. The minimum absolute atomic E-state index is 0.703. The molecular weight excluding hydrogens is 376 g/mol. The number of pyridine rings is 1. The predicted octanol–water partition coefficient (Wildman–Crippen LogP) is 5.12. The van der Waals surface area contributed by atoms with E-state index in [4.69, 9.17) is 23.8 Å². The number of hydrogen-bond acceptors (Lipinski definition) is 2. The van der Waals surface area contributed by atoms with Crippen molar-refractivity contribution >= 4 is 56.4 Å². The van der Waals surface area contributed by atoms with Crippen molar-refractivity contribution in [1.29, 1.82) is 0 Å². The molecule has 3 heterocycles. The normalized spacial score (nSPS) is 13.7. The molecule has 4 aromatic rings. The fraction of sp³-hybridized carbons (Fsp3) is 0.143. The van der Waals surface area contributed by atoms with E-state index in [9.17, 15) is 0 Å². The third-order valence-corrected chi connectivity index (χ3v) is 5.68. The van der Waals surface area contributed by atoms with E-state index in [0.29, 0.717) is 5.02 Å². The van der Waals surface area contributed by atoms with Gasteiger partial charge in [-0.3, -0.25) is 4.98 Å². The molecule has 2 N–H and O–H groups in total. The second kappa shape index (κ2) is 6.51. The summed E-state index contributed by atoms with van der Waals surface area (Å²) in [5, 5.41) is 7.05. The Bertz CT molecular complexity index is 1170. The standard InChI is InChI=1S/C21H17ClN4S/c22-13-6-7-15-19(10-13)23-11-16-17-12-26(9-8-18(17)25-20(15)16)21(27)24-14-4-2-1-3-5-14/h1-7,10-11,25H,8-9,12H2,(H,24,27). The number of halogens is 1. The maximum atomic E-state index is 6.11. The molecule has 0 bridgehead atoms. The van der Waals surface area contributed by atoms with Crippen LogP contribution in [0.5, 0.6) is 0 Å². The van der Waals surface area contributed by atoms with Gasteiger partial charge in [-0.15, -0.1) is 0 Å². The summed E-state index contributed by atoms with van der Waals surface area (Å²) in [6, 6.07) is 15.9. The Morgan fingerprint density at radius 3 is 2.85 bits per heavy atom. The van der Waals surface area contributed by atoms with Crippen LogP contribution in [-0.4, -0.2) is 26.5 Å². The van der Waals surface area contributed by atoms with E-state index in [-0.39, 0.29) is 0 Å². The van der Waals surface area contributed by atoms with E-state index in [2.05, 4.69) is 20.2 Å². The fourth-order valence-electron chi connectivity index (χ4n) is 3.73. The Balaban J connectivity index is 1.49. The largest absolute Gasteiger partial charge is 0.357 e. The third kappa shape index (κ3) is 2.93. The zero-order chi connectivity index (χ0) is 18.4. The number of hydrogen-bond donors (Lipinski definition) is 2. The van der Waals surface area contributed by atoms with E-state index < -0.39 is 0 Å². The van der Waals surface area contributed by atoms with Gasteiger partial charge in [-0.1, -0.05) is 29.8 Å². The molecule has 0 fully saturated rings. The summed E-state index contributed by atoms with van der Waals surface area (Å²) < 4.78 is 0. The Labute approximate surface area is 167 Å². The molecule has 4 nitrogen and oxygen atoms in total. The number of rotatable bonds is 1. The van der Waals surface area contributed by atoms with E-state index in [1.807, 2.05) is 54.7 Å². The molecule has 0 aliphatic carbocycles. The van der Waals surface area contributed by atoms with Crippen LogP contribution in [0.1, 0.15) is 11.3 Å². The number of nitrogens with one attached hydrogen (secondary N) is 2. The quantitative estimate of drug-likeness (QED) is 0.441. The zero-order valence-corrected chi connectivity index (χ0v) is 16.1. The Hall–Kier alpha value is -2.63. The molecule has 0 saturated carbocycles. The van der Waals surface area contributed by atoms with Crippen LogP contribution in [0.4, 0.5) is 5.69 Å².